The Kier molecular flexibility index (Phi) is 3.14. The van der Waals surface area contributed by atoms with Gasteiger partial charge in [0.2, 0.25) is 0 Å². The van der Waals surface area contributed by atoms with E-state index in [4.69, 9.17) is 11.6 Å². The fourth-order valence-electron chi connectivity index (χ4n) is 2.69. The summed E-state index contributed by atoms with van der Waals surface area (Å²) in [7, 11) is 0. The SMILES string of the molecule is C[C@H]1c2cccn2CCN1Cc1ccccc1Cl. The van der Waals surface area contributed by atoms with Gasteiger partial charge in [0.1, 0.15) is 0 Å². The van der Waals surface area contributed by atoms with Crippen LogP contribution in [-0.4, -0.2) is 16.0 Å². The van der Waals surface area contributed by atoms with Crippen LogP contribution in [0.1, 0.15) is 24.2 Å². The van der Waals surface area contributed by atoms with E-state index < -0.39 is 0 Å². The number of aromatic nitrogens is 1. The quantitative estimate of drug-likeness (QED) is 0.799. The molecular weight excluding hydrogens is 244 g/mol. The van der Waals surface area contributed by atoms with Crippen LogP contribution in [0.15, 0.2) is 42.6 Å². The molecule has 0 radical (unpaired) electrons. The molecule has 0 amide bonds. The fourth-order valence-corrected chi connectivity index (χ4v) is 2.88. The third kappa shape index (κ3) is 2.06. The second kappa shape index (κ2) is 4.79. The van der Waals surface area contributed by atoms with Crippen molar-refractivity contribution in [1.29, 1.82) is 0 Å². The topological polar surface area (TPSA) is 8.17 Å². The Morgan fingerprint density at radius 2 is 2.00 bits per heavy atom. The minimum atomic E-state index is 0.449. The highest BCUT2D eigenvalue weighted by molar-refractivity contribution is 6.31. The molecular formula is C15H17ClN2. The predicted molar refractivity (Wildman–Crippen MR) is 74.7 cm³/mol. The second-order valence-electron chi connectivity index (χ2n) is 4.86. The molecule has 1 aliphatic heterocycles. The number of hydrogen-bond acceptors (Lipinski definition) is 1. The maximum absolute atomic E-state index is 6.24. The van der Waals surface area contributed by atoms with Gasteiger partial charge < -0.3 is 4.57 Å². The Balaban J connectivity index is 1.81. The highest BCUT2D eigenvalue weighted by Gasteiger charge is 2.23. The van der Waals surface area contributed by atoms with Crippen LogP contribution < -0.4 is 0 Å². The van der Waals surface area contributed by atoms with Gasteiger partial charge in [-0.2, -0.15) is 0 Å². The van der Waals surface area contributed by atoms with Gasteiger partial charge in [-0.1, -0.05) is 29.8 Å². The van der Waals surface area contributed by atoms with E-state index in [0.717, 1.165) is 24.7 Å². The van der Waals surface area contributed by atoms with Crippen molar-refractivity contribution < 1.29 is 0 Å². The van der Waals surface area contributed by atoms with Crippen molar-refractivity contribution >= 4 is 11.6 Å². The van der Waals surface area contributed by atoms with Gasteiger partial charge >= 0.3 is 0 Å². The van der Waals surface area contributed by atoms with Crippen molar-refractivity contribution in [2.24, 2.45) is 0 Å². The van der Waals surface area contributed by atoms with E-state index in [0.29, 0.717) is 6.04 Å². The molecule has 0 spiro atoms. The number of fused-ring (bicyclic) bond motifs is 1. The van der Waals surface area contributed by atoms with E-state index in [9.17, 15) is 0 Å². The molecule has 0 saturated carbocycles. The van der Waals surface area contributed by atoms with Gasteiger partial charge in [-0.3, -0.25) is 4.90 Å². The van der Waals surface area contributed by atoms with Crippen LogP contribution >= 0.6 is 11.6 Å². The maximum atomic E-state index is 6.24. The molecule has 0 unspecified atom stereocenters. The molecule has 2 heterocycles. The van der Waals surface area contributed by atoms with E-state index in [1.54, 1.807) is 0 Å². The molecule has 1 atom stereocenters. The van der Waals surface area contributed by atoms with Crippen LogP contribution in [0, 0.1) is 0 Å². The summed E-state index contributed by atoms with van der Waals surface area (Å²) in [6.07, 6.45) is 2.17. The number of nitrogens with zero attached hydrogens (tertiary/aromatic N) is 2. The maximum Gasteiger partial charge on any atom is 0.0476 e. The standard InChI is InChI=1S/C15H17ClN2/c1-12-15-7-4-8-17(15)9-10-18(12)11-13-5-2-3-6-14(13)16/h2-8,12H,9-11H2,1H3/t12-/m0/s1. The third-order valence-electron chi connectivity index (χ3n) is 3.80. The lowest BCUT2D eigenvalue weighted by Crippen LogP contribution is -2.35. The van der Waals surface area contributed by atoms with Crippen molar-refractivity contribution in [2.45, 2.75) is 26.1 Å². The highest BCUT2D eigenvalue weighted by Crippen LogP contribution is 2.28. The number of hydrogen-bond donors (Lipinski definition) is 0. The summed E-state index contributed by atoms with van der Waals surface area (Å²) < 4.78 is 2.34. The molecule has 3 heteroatoms. The fraction of sp³-hybridized carbons (Fsp3) is 0.333. The monoisotopic (exact) mass is 260 g/mol. The first kappa shape index (κ1) is 11.8. The van der Waals surface area contributed by atoms with Gasteiger partial charge in [-0.05, 0) is 30.7 Å². The van der Waals surface area contributed by atoms with E-state index in [1.165, 1.54) is 11.3 Å². The molecule has 1 aliphatic rings. The summed E-state index contributed by atoms with van der Waals surface area (Å²) >= 11 is 6.24. The molecule has 0 aliphatic carbocycles. The van der Waals surface area contributed by atoms with Crippen molar-refractivity contribution in [3.8, 4) is 0 Å². The van der Waals surface area contributed by atoms with E-state index >= 15 is 0 Å². The first-order valence-corrected chi connectivity index (χ1v) is 6.76. The molecule has 3 rings (SSSR count). The van der Waals surface area contributed by atoms with E-state index in [-0.39, 0.29) is 0 Å². The highest BCUT2D eigenvalue weighted by atomic mass is 35.5. The van der Waals surface area contributed by atoms with Gasteiger partial charge in [0.05, 0.1) is 0 Å². The van der Waals surface area contributed by atoms with Crippen LogP contribution in [0.2, 0.25) is 5.02 Å². The number of benzene rings is 1. The third-order valence-corrected chi connectivity index (χ3v) is 4.17. The minimum absolute atomic E-state index is 0.449. The molecule has 1 aromatic heterocycles. The summed E-state index contributed by atoms with van der Waals surface area (Å²) in [5.74, 6) is 0. The van der Waals surface area contributed by atoms with Crippen molar-refractivity contribution in [2.75, 3.05) is 6.54 Å². The molecule has 0 fully saturated rings. The molecule has 2 nitrogen and oxygen atoms in total. The van der Waals surface area contributed by atoms with E-state index in [2.05, 4.69) is 46.9 Å². The molecule has 0 saturated heterocycles. The average Bonchev–Trinajstić information content (AvgIpc) is 2.84. The number of rotatable bonds is 2. The molecule has 94 valence electrons. The van der Waals surface area contributed by atoms with Crippen molar-refractivity contribution in [3.63, 3.8) is 0 Å². The van der Waals surface area contributed by atoms with Crippen LogP contribution in [0.3, 0.4) is 0 Å². The van der Waals surface area contributed by atoms with Gasteiger partial charge in [0, 0.05) is 42.6 Å². The van der Waals surface area contributed by atoms with Crippen molar-refractivity contribution in [3.05, 3.63) is 58.9 Å². The van der Waals surface area contributed by atoms with Crippen LogP contribution in [0.25, 0.3) is 0 Å². The zero-order valence-electron chi connectivity index (χ0n) is 10.5. The van der Waals surface area contributed by atoms with Crippen LogP contribution in [0.4, 0.5) is 0 Å². The Hall–Kier alpha value is -1.25. The van der Waals surface area contributed by atoms with Crippen molar-refractivity contribution in [1.82, 2.24) is 9.47 Å². The smallest absolute Gasteiger partial charge is 0.0476 e. The van der Waals surface area contributed by atoms with Gasteiger partial charge in [-0.25, -0.2) is 0 Å². The lowest BCUT2D eigenvalue weighted by atomic mass is 10.1. The summed E-state index contributed by atoms with van der Waals surface area (Å²) in [6.45, 7) is 5.33. The van der Waals surface area contributed by atoms with Gasteiger partial charge in [0.25, 0.3) is 0 Å². The zero-order valence-corrected chi connectivity index (χ0v) is 11.3. The molecule has 18 heavy (non-hydrogen) atoms. The largest absolute Gasteiger partial charge is 0.349 e. The summed E-state index contributed by atoms with van der Waals surface area (Å²) in [6, 6.07) is 12.9. The van der Waals surface area contributed by atoms with Crippen LogP contribution in [-0.2, 0) is 13.1 Å². The van der Waals surface area contributed by atoms with Gasteiger partial charge in [0.15, 0.2) is 0 Å². The minimum Gasteiger partial charge on any atom is -0.349 e. The van der Waals surface area contributed by atoms with Gasteiger partial charge in [-0.15, -0.1) is 0 Å². The molecule has 2 aromatic rings. The molecule has 1 aromatic carbocycles. The number of halogens is 1. The summed E-state index contributed by atoms with van der Waals surface area (Å²) in [4.78, 5) is 2.48. The lowest BCUT2D eigenvalue weighted by molar-refractivity contribution is 0.161. The Labute approximate surface area is 113 Å². The summed E-state index contributed by atoms with van der Waals surface area (Å²) in [5, 5.41) is 0.866. The molecule has 0 N–H and O–H groups in total. The summed E-state index contributed by atoms with van der Waals surface area (Å²) in [5.41, 5.74) is 2.61. The Morgan fingerprint density at radius 1 is 1.17 bits per heavy atom. The first-order valence-electron chi connectivity index (χ1n) is 6.38. The van der Waals surface area contributed by atoms with Crippen LogP contribution in [0.5, 0.6) is 0 Å². The zero-order chi connectivity index (χ0) is 12.5. The van der Waals surface area contributed by atoms with E-state index in [1.807, 2.05) is 12.1 Å². The predicted octanol–water partition coefficient (Wildman–Crippen LogP) is 3.72. The second-order valence-corrected chi connectivity index (χ2v) is 5.27. The molecule has 0 bridgehead atoms. The normalized spacial score (nSPS) is 19.8. The first-order chi connectivity index (χ1) is 8.75. The lowest BCUT2D eigenvalue weighted by Gasteiger charge is -2.35. The average molecular weight is 261 g/mol. The Bertz CT molecular complexity index is 547. The Morgan fingerprint density at radius 3 is 2.83 bits per heavy atom.